The molecule has 3 nitrogen and oxygen atoms in total. The normalized spacial score (nSPS) is 9.47. The molecule has 4 heteroatoms. The van der Waals surface area contributed by atoms with Crippen LogP contribution in [-0.4, -0.2) is 7.05 Å². The van der Waals surface area contributed by atoms with Gasteiger partial charge in [0.2, 0.25) is 0 Å². The van der Waals surface area contributed by atoms with Gasteiger partial charge < -0.3 is 4.90 Å². The summed E-state index contributed by atoms with van der Waals surface area (Å²) in [5, 5.41) is 18.5. The minimum absolute atomic E-state index is 0.513. The van der Waals surface area contributed by atoms with Crippen molar-refractivity contribution in [1.29, 1.82) is 10.5 Å². The van der Waals surface area contributed by atoms with Crippen LogP contribution in [-0.2, 0) is 0 Å². The molecule has 0 aliphatic rings. The summed E-state index contributed by atoms with van der Waals surface area (Å²) >= 11 is 5.88. The van der Waals surface area contributed by atoms with Gasteiger partial charge in [-0.05, 0) is 42.5 Å². The van der Waals surface area contributed by atoms with E-state index < -0.39 is 0 Å². The Morgan fingerprint density at radius 2 is 1.68 bits per heavy atom. The highest BCUT2D eigenvalue weighted by molar-refractivity contribution is 6.30. The first-order valence-electron chi connectivity index (χ1n) is 5.59. The first-order valence-corrected chi connectivity index (χ1v) is 5.97. The molecule has 0 atom stereocenters. The zero-order valence-electron chi connectivity index (χ0n) is 10.3. The van der Waals surface area contributed by atoms with Crippen molar-refractivity contribution in [3.8, 4) is 12.1 Å². The van der Waals surface area contributed by atoms with E-state index in [1.54, 1.807) is 30.3 Å². The fourth-order valence-electron chi connectivity index (χ4n) is 1.79. The molecule has 0 N–H and O–H groups in total. The third-order valence-corrected chi connectivity index (χ3v) is 3.06. The molecule has 0 amide bonds. The predicted molar refractivity (Wildman–Crippen MR) is 75.4 cm³/mol. The molecule has 0 saturated carbocycles. The van der Waals surface area contributed by atoms with E-state index in [1.165, 1.54) is 0 Å². The molecule has 0 radical (unpaired) electrons. The van der Waals surface area contributed by atoms with E-state index in [1.807, 2.05) is 24.1 Å². The highest BCUT2D eigenvalue weighted by Crippen LogP contribution is 2.28. The number of benzene rings is 2. The van der Waals surface area contributed by atoms with Gasteiger partial charge in [0, 0.05) is 17.8 Å². The van der Waals surface area contributed by atoms with Crippen LogP contribution in [0.3, 0.4) is 0 Å². The fourth-order valence-corrected chi connectivity index (χ4v) is 1.96. The standard InChI is InChI=1S/C15H10ClN3/c1-19(14-5-2-11(9-17)3-6-14)15-7-4-13(16)8-12(15)10-18/h2-8H,1H3. The highest BCUT2D eigenvalue weighted by atomic mass is 35.5. The Balaban J connectivity index is 2.41. The molecule has 0 unspecified atom stereocenters. The van der Waals surface area contributed by atoms with Gasteiger partial charge in [0.05, 0.1) is 22.9 Å². The van der Waals surface area contributed by atoms with E-state index in [2.05, 4.69) is 12.1 Å². The van der Waals surface area contributed by atoms with Crippen LogP contribution in [0.1, 0.15) is 11.1 Å². The zero-order chi connectivity index (χ0) is 13.8. The van der Waals surface area contributed by atoms with Crippen molar-refractivity contribution in [2.75, 3.05) is 11.9 Å². The van der Waals surface area contributed by atoms with E-state index in [-0.39, 0.29) is 0 Å². The second-order valence-corrected chi connectivity index (χ2v) is 4.43. The van der Waals surface area contributed by atoms with Gasteiger partial charge in [0.1, 0.15) is 6.07 Å². The summed E-state index contributed by atoms with van der Waals surface area (Å²) in [5.74, 6) is 0. The molecule has 0 fully saturated rings. The number of hydrogen-bond acceptors (Lipinski definition) is 3. The Labute approximate surface area is 116 Å². The second-order valence-electron chi connectivity index (χ2n) is 3.99. The van der Waals surface area contributed by atoms with Gasteiger partial charge >= 0.3 is 0 Å². The van der Waals surface area contributed by atoms with Crippen LogP contribution in [0, 0.1) is 22.7 Å². The monoisotopic (exact) mass is 267 g/mol. The van der Waals surface area contributed by atoms with Crippen LogP contribution in [0.15, 0.2) is 42.5 Å². The van der Waals surface area contributed by atoms with E-state index in [9.17, 15) is 0 Å². The Morgan fingerprint density at radius 1 is 1.00 bits per heavy atom. The van der Waals surface area contributed by atoms with Crippen molar-refractivity contribution >= 4 is 23.0 Å². The molecular formula is C15H10ClN3. The maximum atomic E-state index is 9.14. The Bertz CT molecular complexity index is 678. The van der Waals surface area contributed by atoms with Gasteiger partial charge in [0.15, 0.2) is 0 Å². The van der Waals surface area contributed by atoms with Crippen molar-refractivity contribution in [2.24, 2.45) is 0 Å². The third-order valence-electron chi connectivity index (χ3n) is 2.82. The minimum atomic E-state index is 0.513. The van der Waals surface area contributed by atoms with Crippen LogP contribution in [0.4, 0.5) is 11.4 Å². The molecule has 19 heavy (non-hydrogen) atoms. The molecule has 0 bridgehead atoms. The molecule has 2 rings (SSSR count). The SMILES string of the molecule is CN(c1ccc(C#N)cc1)c1ccc(Cl)cc1C#N. The van der Waals surface area contributed by atoms with Crippen molar-refractivity contribution < 1.29 is 0 Å². The lowest BCUT2D eigenvalue weighted by atomic mass is 10.1. The second kappa shape index (κ2) is 5.44. The van der Waals surface area contributed by atoms with Crippen molar-refractivity contribution in [2.45, 2.75) is 0 Å². The number of rotatable bonds is 2. The van der Waals surface area contributed by atoms with Gasteiger partial charge in [-0.1, -0.05) is 11.6 Å². The maximum absolute atomic E-state index is 9.14. The minimum Gasteiger partial charge on any atom is -0.344 e. The van der Waals surface area contributed by atoms with E-state index in [0.717, 1.165) is 11.4 Å². The molecule has 2 aromatic carbocycles. The van der Waals surface area contributed by atoms with Gasteiger partial charge in [-0.25, -0.2) is 0 Å². The summed E-state index contributed by atoms with van der Waals surface area (Å²) in [6, 6.07) is 16.6. The summed E-state index contributed by atoms with van der Waals surface area (Å²) in [5.41, 5.74) is 2.79. The van der Waals surface area contributed by atoms with Crippen molar-refractivity contribution in [1.82, 2.24) is 0 Å². The summed E-state index contributed by atoms with van der Waals surface area (Å²) in [6.07, 6.45) is 0. The number of hydrogen-bond donors (Lipinski definition) is 0. The lowest BCUT2D eigenvalue weighted by molar-refractivity contribution is 1.20. The van der Waals surface area contributed by atoms with E-state index >= 15 is 0 Å². The van der Waals surface area contributed by atoms with Crippen LogP contribution >= 0.6 is 11.6 Å². The first kappa shape index (κ1) is 13.0. The Hall–Kier alpha value is -2.49. The quantitative estimate of drug-likeness (QED) is 0.830. The molecule has 92 valence electrons. The van der Waals surface area contributed by atoms with Crippen molar-refractivity contribution in [3.05, 3.63) is 58.6 Å². The van der Waals surface area contributed by atoms with Gasteiger partial charge in [-0.2, -0.15) is 10.5 Å². The molecule has 0 saturated heterocycles. The predicted octanol–water partition coefficient (Wildman–Crippen LogP) is 3.85. The molecule has 0 aromatic heterocycles. The molecule has 0 heterocycles. The van der Waals surface area contributed by atoms with Gasteiger partial charge in [-0.3, -0.25) is 0 Å². The van der Waals surface area contributed by atoms with Crippen LogP contribution in [0.2, 0.25) is 5.02 Å². The van der Waals surface area contributed by atoms with Gasteiger partial charge in [0.25, 0.3) is 0 Å². The Kier molecular flexibility index (Phi) is 3.71. The average Bonchev–Trinajstić information content (AvgIpc) is 2.46. The summed E-state index contributed by atoms with van der Waals surface area (Å²) in [4.78, 5) is 1.88. The average molecular weight is 268 g/mol. The fraction of sp³-hybridized carbons (Fsp3) is 0.0667. The lowest BCUT2D eigenvalue weighted by Crippen LogP contribution is -2.10. The van der Waals surface area contributed by atoms with E-state index in [4.69, 9.17) is 22.1 Å². The third kappa shape index (κ3) is 2.68. The molecule has 0 aliphatic heterocycles. The number of halogens is 1. The summed E-state index contributed by atoms with van der Waals surface area (Å²) < 4.78 is 0. The number of nitrogens with zero attached hydrogens (tertiary/aromatic N) is 3. The first-order chi connectivity index (χ1) is 9.15. The molecular weight excluding hydrogens is 258 g/mol. The summed E-state index contributed by atoms with van der Waals surface area (Å²) in [6.45, 7) is 0. The molecule has 0 aliphatic carbocycles. The van der Waals surface area contributed by atoms with Crippen molar-refractivity contribution in [3.63, 3.8) is 0 Å². The molecule has 2 aromatic rings. The maximum Gasteiger partial charge on any atom is 0.101 e. The zero-order valence-corrected chi connectivity index (χ0v) is 11.0. The lowest BCUT2D eigenvalue weighted by Gasteiger charge is -2.20. The smallest absolute Gasteiger partial charge is 0.101 e. The number of anilines is 2. The highest BCUT2D eigenvalue weighted by Gasteiger charge is 2.09. The van der Waals surface area contributed by atoms with Gasteiger partial charge in [-0.15, -0.1) is 0 Å². The Morgan fingerprint density at radius 3 is 2.26 bits per heavy atom. The summed E-state index contributed by atoms with van der Waals surface area (Å²) in [7, 11) is 1.87. The van der Waals surface area contributed by atoms with Crippen LogP contribution in [0.25, 0.3) is 0 Å². The number of nitriles is 2. The van der Waals surface area contributed by atoms with E-state index in [0.29, 0.717) is 16.1 Å². The topological polar surface area (TPSA) is 50.8 Å². The largest absolute Gasteiger partial charge is 0.344 e. The van der Waals surface area contributed by atoms with Crippen LogP contribution < -0.4 is 4.90 Å². The van der Waals surface area contributed by atoms with Crippen LogP contribution in [0.5, 0.6) is 0 Å². The molecule has 0 spiro atoms.